The van der Waals surface area contributed by atoms with Gasteiger partial charge in [0.05, 0.1) is 23.5 Å². The number of nitrogens with zero attached hydrogens (tertiary/aromatic N) is 3. The minimum atomic E-state index is -0.301. The number of benzene rings is 1. The summed E-state index contributed by atoms with van der Waals surface area (Å²) in [5, 5.41) is 14.8. The van der Waals surface area contributed by atoms with Gasteiger partial charge in [-0.05, 0) is 54.1 Å². The number of anilines is 2. The molecule has 0 aliphatic rings. The normalized spacial score (nSPS) is 9.88. The first-order valence-corrected chi connectivity index (χ1v) is 7.65. The Morgan fingerprint density at radius 2 is 1.72 bits per heavy atom. The summed E-state index contributed by atoms with van der Waals surface area (Å²) in [6.07, 6.45) is 5.10. The molecule has 1 amide bonds. The highest BCUT2D eigenvalue weighted by Gasteiger charge is 2.07. The summed E-state index contributed by atoms with van der Waals surface area (Å²) in [5.74, 6) is -0.301. The topological polar surface area (TPSA) is 90.7 Å². The monoisotopic (exact) mass is 329 g/mol. The molecule has 0 unspecified atom stereocenters. The van der Waals surface area contributed by atoms with Crippen LogP contribution >= 0.6 is 0 Å². The zero-order chi connectivity index (χ0) is 17.5. The molecule has 2 N–H and O–H groups in total. The zero-order valence-electron chi connectivity index (χ0n) is 13.3. The molecule has 0 atom stereocenters. The first-order valence-electron chi connectivity index (χ1n) is 7.65. The molecule has 25 heavy (non-hydrogen) atoms. The van der Waals surface area contributed by atoms with Gasteiger partial charge in [-0.15, -0.1) is 0 Å². The smallest absolute Gasteiger partial charge is 0.274 e. The number of nitriles is 1. The van der Waals surface area contributed by atoms with E-state index in [-0.39, 0.29) is 5.91 Å². The van der Waals surface area contributed by atoms with Crippen LogP contribution in [0.2, 0.25) is 0 Å². The average molecular weight is 329 g/mol. The van der Waals surface area contributed by atoms with Gasteiger partial charge in [-0.1, -0.05) is 0 Å². The van der Waals surface area contributed by atoms with E-state index < -0.39 is 0 Å². The molecule has 3 aromatic rings. The van der Waals surface area contributed by atoms with Crippen LogP contribution in [0.25, 0.3) is 0 Å². The molecule has 0 bridgehead atoms. The summed E-state index contributed by atoms with van der Waals surface area (Å²) in [6, 6.07) is 16.0. The van der Waals surface area contributed by atoms with Crippen molar-refractivity contribution in [3.63, 3.8) is 0 Å². The number of nitrogens with one attached hydrogen (secondary N) is 2. The van der Waals surface area contributed by atoms with E-state index in [4.69, 9.17) is 5.26 Å². The molecule has 0 saturated carbocycles. The number of pyridine rings is 2. The lowest BCUT2D eigenvalue weighted by Crippen LogP contribution is -2.13. The van der Waals surface area contributed by atoms with Crippen LogP contribution in [0.4, 0.5) is 11.4 Å². The van der Waals surface area contributed by atoms with Crippen LogP contribution in [-0.2, 0) is 6.54 Å². The highest BCUT2D eigenvalue weighted by atomic mass is 16.1. The molecule has 6 heteroatoms. The van der Waals surface area contributed by atoms with Crippen LogP contribution in [0.1, 0.15) is 21.6 Å². The third-order valence-electron chi connectivity index (χ3n) is 3.51. The van der Waals surface area contributed by atoms with Crippen molar-refractivity contribution in [2.24, 2.45) is 0 Å². The first kappa shape index (κ1) is 16.1. The lowest BCUT2D eigenvalue weighted by molar-refractivity contribution is 0.102. The van der Waals surface area contributed by atoms with E-state index in [1.807, 2.05) is 24.3 Å². The number of hydrogen-bond donors (Lipinski definition) is 2. The number of aromatic nitrogens is 2. The van der Waals surface area contributed by atoms with E-state index in [1.54, 1.807) is 48.9 Å². The molecule has 6 nitrogen and oxygen atoms in total. The van der Waals surface area contributed by atoms with Crippen molar-refractivity contribution in [1.29, 1.82) is 5.26 Å². The van der Waals surface area contributed by atoms with Gasteiger partial charge in [0.1, 0.15) is 5.69 Å². The number of carbonyl (C=O) groups excluding carboxylic acids is 1. The zero-order valence-corrected chi connectivity index (χ0v) is 13.3. The van der Waals surface area contributed by atoms with Crippen LogP contribution < -0.4 is 10.6 Å². The van der Waals surface area contributed by atoms with Crippen LogP contribution in [-0.4, -0.2) is 15.9 Å². The van der Waals surface area contributed by atoms with E-state index in [0.717, 1.165) is 11.3 Å². The van der Waals surface area contributed by atoms with Gasteiger partial charge >= 0.3 is 0 Å². The Bertz CT molecular complexity index is 884. The Balaban J connectivity index is 1.59. The maximum absolute atomic E-state index is 12.2. The fraction of sp³-hybridized carbons (Fsp3) is 0.0526. The molecular weight excluding hydrogens is 314 g/mol. The van der Waals surface area contributed by atoms with Crippen molar-refractivity contribution in [2.45, 2.75) is 6.54 Å². The summed E-state index contributed by atoms with van der Waals surface area (Å²) in [4.78, 5) is 20.3. The molecule has 0 radical (unpaired) electrons. The predicted molar refractivity (Wildman–Crippen MR) is 94.9 cm³/mol. The second-order valence-corrected chi connectivity index (χ2v) is 5.28. The minimum absolute atomic E-state index is 0.301. The summed E-state index contributed by atoms with van der Waals surface area (Å²) in [6.45, 7) is 0.654. The standard InChI is InChI=1S/C19H15N5O/c20-11-14-1-3-16(4-2-14)24-19(25)18-6-5-17(13-23-18)22-12-15-7-9-21-10-8-15/h1-10,13,22H,12H2,(H,24,25). The highest BCUT2D eigenvalue weighted by molar-refractivity contribution is 6.02. The van der Waals surface area contributed by atoms with Crippen LogP contribution in [0.3, 0.4) is 0 Å². The van der Waals surface area contributed by atoms with Gasteiger partial charge < -0.3 is 10.6 Å². The lowest BCUT2D eigenvalue weighted by Gasteiger charge is -2.08. The van der Waals surface area contributed by atoms with Crippen molar-refractivity contribution < 1.29 is 4.79 Å². The first-order chi connectivity index (χ1) is 12.2. The Morgan fingerprint density at radius 3 is 2.36 bits per heavy atom. The number of hydrogen-bond acceptors (Lipinski definition) is 5. The molecule has 0 spiro atoms. The van der Waals surface area contributed by atoms with Gasteiger partial charge in [0.2, 0.25) is 0 Å². The quantitative estimate of drug-likeness (QED) is 0.750. The fourth-order valence-electron chi connectivity index (χ4n) is 2.16. The predicted octanol–water partition coefficient (Wildman–Crippen LogP) is 3.21. The molecule has 0 fully saturated rings. The Kier molecular flexibility index (Phi) is 4.98. The van der Waals surface area contributed by atoms with Gasteiger partial charge in [0.15, 0.2) is 0 Å². The number of amides is 1. The largest absolute Gasteiger partial charge is 0.380 e. The molecular formula is C19H15N5O. The third kappa shape index (κ3) is 4.39. The third-order valence-corrected chi connectivity index (χ3v) is 3.51. The van der Waals surface area contributed by atoms with E-state index in [1.165, 1.54) is 0 Å². The van der Waals surface area contributed by atoms with E-state index in [2.05, 4.69) is 20.6 Å². The van der Waals surface area contributed by atoms with Crippen LogP contribution in [0.15, 0.2) is 67.1 Å². The van der Waals surface area contributed by atoms with E-state index >= 15 is 0 Å². The highest BCUT2D eigenvalue weighted by Crippen LogP contribution is 2.12. The van der Waals surface area contributed by atoms with Crippen molar-refractivity contribution in [3.8, 4) is 6.07 Å². The Labute approximate surface area is 145 Å². The van der Waals surface area contributed by atoms with E-state index in [9.17, 15) is 4.79 Å². The molecule has 1 aromatic carbocycles. The molecule has 0 aliphatic heterocycles. The van der Waals surface area contributed by atoms with Gasteiger partial charge in [-0.2, -0.15) is 5.26 Å². The van der Waals surface area contributed by atoms with Crippen molar-refractivity contribution in [3.05, 3.63) is 83.9 Å². The van der Waals surface area contributed by atoms with Crippen LogP contribution in [0, 0.1) is 11.3 Å². The van der Waals surface area contributed by atoms with Gasteiger partial charge in [-0.25, -0.2) is 4.98 Å². The number of carbonyl (C=O) groups is 1. The Hall–Kier alpha value is -3.72. The molecule has 0 saturated heterocycles. The van der Waals surface area contributed by atoms with Crippen molar-refractivity contribution in [1.82, 2.24) is 9.97 Å². The second-order valence-electron chi connectivity index (χ2n) is 5.28. The second kappa shape index (κ2) is 7.70. The Morgan fingerprint density at radius 1 is 1.00 bits per heavy atom. The van der Waals surface area contributed by atoms with Crippen LogP contribution in [0.5, 0.6) is 0 Å². The van der Waals surface area contributed by atoms with Crippen molar-refractivity contribution in [2.75, 3.05) is 10.6 Å². The lowest BCUT2D eigenvalue weighted by atomic mass is 10.2. The molecule has 2 aromatic heterocycles. The molecule has 2 heterocycles. The number of rotatable bonds is 5. The van der Waals surface area contributed by atoms with Gasteiger partial charge in [0, 0.05) is 24.6 Å². The summed E-state index contributed by atoms with van der Waals surface area (Å²) in [5.41, 5.74) is 3.41. The summed E-state index contributed by atoms with van der Waals surface area (Å²) < 4.78 is 0. The fourth-order valence-corrected chi connectivity index (χ4v) is 2.16. The maximum atomic E-state index is 12.2. The summed E-state index contributed by atoms with van der Waals surface area (Å²) >= 11 is 0. The van der Waals surface area contributed by atoms with E-state index in [0.29, 0.717) is 23.5 Å². The van der Waals surface area contributed by atoms with Gasteiger partial charge in [-0.3, -0.25) is 9.78 Å². The summed E-state index contributed by atoms with van der Waals surface area (Å²) in [7, 11) is 0. The minimum Gasteiger partial charge on any atom is -0.380 e. The SMILES string of the molecule is N#Cc1ccc(NC(=O)c2ccc(NCc3ccncc3)cn2)cc1. The van der Waals surface area contributed by atoms with Gasteiger partial charge in [0.25, 0.3) is 5.91 Å². The molecule has 0 aliphatic carbocycles. The van der Waals surface area contributed by atoms with Crippen molar-refractivity contribution >= 4 is 17.3 Å². The maximum Gasteiger partial charge on any atom is 0.274 e. The average Bonchev–Trinajstić information content (AvgIpc) is 2.68. The molecule has 122 valence electrons. The molecule has 3 rings (SSSR count).